The van der Waals surface area contributed by atoms with Crippen molar-refractivity contribution >= 4 is 5.65 Å². The Bertz CT molecular complexity index is 1150. The summed E-state index contributed by atoms with van der Waals surface area (Å²) in [4.78, 5) is 8.85. The van der Waals surface area contributed by atoms with Crippen molar-refractivity contribution in [2.75, 3.05) is 0 Å². The topological polar surface area (TPSA) is 83.0 Å². The van der Waals surface area contributed by atoms with Crippen LogP contribution in [0, 0.1) is 5.82 Å². The predicted molar refractivity (Wildman–Crippen MR) is 98.1 cm³/mol. The predicted octanol–water partition coefficient (Wildman–Crippen LogP) is 2.91. The van der Waals surface area contributed by atoms with Crippen molar-refractivity contribution in [2.24, 2.45) is 7.05 Å². The van der Waals surface area contributed by atoms with Gasteiger partial charge in [0, 0.05) is 24.4 Å². The van der Waals surface area contributed by atoms with Crippen LogP contribution in [0.4, 0.5) is 4.39 Å². The van der Waals surface area contributed by atoms with Crippen molar-refractivity contribution in [3.8, 4) is 17.1 Å². The first-order valence-electron chi connectivity index (χ1n) is 9.17. The second-order valence-corrected chi connectivity index (χ2v) is 6.94. The van der Waals surface area contributed by atoms with E-state index in [1.165, 1.54) is 12.5 Å². The molecule has 1 aromatic carbocycles. The highest BCUT2D eigenvalue weighted by molar-refractivity contribution is 5.74. The zero-order valence-electron chi connectivity index (χ0n) is 15.3. The highest BCUT2D eigenvalue weighted by Gasteiger charge is 2.26. The quantitative estimate of drug-likeness (QED) is 0.530. The Kier molecular flexibility index (Phi) is 4.00. The number of halogens is 1. The van der Waals surface area contributed by atoms with Gasteiger partial charge in [0.25, 0.3) is 0 Å². The van der Waals surface area contributed by atoms with Crippen LogP contribution < -0.4 is 4.74 Å². The van der Waals surface area contributed by atoms with Crippen LogP contribution in [-0.4, -0.2) is 34.6 Å². The molecule has 4 aromatic rings. The van der Waals surface area contributed by atoms with Crippen molar-refractivity contribution in [3.05, 3.63) is 54.0 Å². The van der Waals surface area contributed by atoms with E-state index in [0.29, 0.717) is 34.5 Å². The van der Waals surface area contributed by atoms with Crippen LogP contribution in [0.3, 0.4) is 0 Å². The van der Waals surface area contributed by atoms with Gasteiger partial charge in [-0.25, -0.2) is 13.9 Å². The van der Waals surface area contributed by atoms with E-state index in [9.17, 15) is 4.39 Å². The van der Waals surface area contributed by atoms with Crippen molar-refractivity contribution in [2.45, 2.75) is 31.8 Å². The van der Waals surface area contributed by atoms with E-state index in [4.69, 9.17) is 4.74 Å². The molecule has 0 aliphatic heterocycles. The van der Waals surface area contributed by atoms with Gasteiger partial charge in [-0.15, -0.1) is 5.10 Å². The fourth-order valence-electron chi connectivity index (χ4n) is 3.35. The van der Waals surface area contributed by atoms with Crippen LogP contribution in [0.25, 0.3) is 16.9 Å². The molecule has 0 spiro atoms. The number of aryl methyl sites for hydroxylation is 1. The molecule has 9 heteroatoms. The van der Waals surface area contributed by atoms with E-state index in [1.54, 1.807) is 40.8 Å². The summed E-state index contributed by atoms with van der Waals surface area (Å²) in [6.07, 6.45) is 6.87. The molecule has 1 aliphatic rings. The molecule has 0 N–H and O–H groups in total. The number of benzene rings is 1. The summed E-state index contributed by atoms with van der Waals surface area (Å²) in [6.45, 7) is 0.209. The number of fused-ring (bicyclic) bond motifs is 1. The van der Waals surface area contributed by atoms with Gasteiger partial charge in [0.15, 0.2) is 18.1 Å². The molecule has 1 fully saturated rings. The standard InChI is InChI=1S/C19H18FN7O/c1-26-11-21-16(24-26)10-28-19-14(12-5-4-6-12)9-27-18(22-19)17(23-25-27)13-7-2-3-8-15(13)20/h2-3,7-9,11-12H,4-6,10H2,1H3. The lowest BCUT2D eigenvalue weighted by Crippen LogP contribution is -2.14. The lowest BCUT2D eigenvalue weighted by atomic mass is 9.81. The first-order chi connectivity index (χ1) is 13.7. The van der Waals surface area contributed by atoms with Crippen molar-refractivity contribution < 1.29 is 9.13 Å². The zero-order valence-corrected chi connectivity index (χ0v) is 15.3. The molecule has 5 rings (SSSR count). The number of ether oxygens (including phenoxy) is 1. The second kappa shape index (κ2) is 6.66. The Hall–Kier alpha value is -3.36. The molecule has 142 valence electrons. The summed E-state index contributed by atoms with van der Waals surface area (Å²) >= 11 is 0. The Morgan fingerprint density at radius 3 is 2.82 bits per heavy atom. The van der Waals surface area contributed by atoms with Gasteiger partial charge < -0.3 is 4.74 Å². The molecule has 1 aliphatic carbocycles. The van der Waals surface area contributed by atoms with Gasteiger partial charge in [0.1, 0.15) is 17.8 Å². The Morgan fingerprint density at radius 2 is 2.11 bits per heavy atom. The maximum absolute atomic E-state index is 14.3. The minimum absolute atomic E-state index is 0.209. The number of nitrogens with zero attached hydrogens (tertiary/aromatic N) is 7. The molecule has 0 unspecified atom stereocenters. The summed E-state index contributed by atoms with van der Waals surface area (Å²) in [5, 5.41) is 12.6. The largest absolute Gasteiger partial charge is 0.469 e. The Labute approximate surface area is 160 Å². The maximum Gasteiger partial charge on any atom is 0.220 e. The van der Waals surface area contributed by atoms with Gasteiger partial charge in [0.2, 0.25) is 5.88 Å². The molecular formula is C19H18FN7O. The van der Waals surface area contributed by atoms with E-state index < -0.39 is 0 Å². The van der Waals surface area contributed by atoms with Crippen molar-refractivity contribution in [3.63, 3.8) is 0 Å². The molecule has 0 radical (unpaired) electrons. The highest BCUT2D eigenvalue weighted by Crippen LogP contribution is 2.40. The molecular weight excluding hydrogens is 361 g/mol. The van der Waals surface area contributed by atoms with Gasteiger partial charge in [-0.2, -0.15) is 10.1 Å². The van der Waals surface area contributed by atoms with Gasteiger partial charge in [-0.1, -0.05) is 23.8 Å². The number of rotatable bonds is 5. The Morgan fingerprint density at radius 1 is 1.25 bits per heavy atom. The maximum atomic E-state index is 14.3. The van der Waals surface area contributed by atoms with Crippen molar-refractivity contribution in [1.82, 2.24) is 34.6 Å². The molecule has 3 heterocycles. The molecule has 3 aromatic heterocycles. The number of hydrogen-bond acceptors (Lipinski definition) is 6. The molecule has 0 amide bonds. The van der Waals surface area contributed by atoms with Crippen LogP contribution in [0.5, 0.6) is 5.88 Å². The second-order valence-electron chi connectivity index (χ2n) is 6.94. The molecule has 8 nitrogen and oxygen atoms in total. The number of aromatic nitrogens is 7. The third-order valence-corrected chi connectivity index (χ3v) is 5.04. The first-order valence-corrected chi connectivity index (χ1v) is 9.17. The molecule has 1 saturated carbocycles. The Balaban J connectivity index is 1.57. The van der Waals surface area contributed by atoms with Crippen molar-refractivity contribution in [1.29, 1.82) is 0 Å². The zero-order chi connectivity index (χ0) is 19.1. The van der Waals surface area contributed by atoms with Gasteiger partial charge in [-0.3, -0.25) is 4.68 Å². The minimum atomic E-state index is -0.366. The lowest BCUT2D eigenvalue weighted by molar-refractivity contribution is 0.272. The van der Waals surface area contributed by atoms with Crippen LogP contribution in [-0.2, 0) is 13.7 Å². The van der Waals surface area contributed by atoms with E-state index in [2.05, 4.69) is 25.4 Å². The summed E-state index contributed by atoms with van der Waals surface area (Å²) in [5.74, 6) is 1.09. The van der Waals surface area contributed by atoms with Gasteiger partial charge >= 0.3 is 0 Å². The van der Waals surface area contributed by atoms with Crippen LogP contribution in [0.15, 0.2) is 36.8 Å². The highest BCUT2D eigenvalue weighted by atomic mass is 19.1. The average molecular weight is 379 g/mol. The van der Waals surface area contributed by atoms with Gasteiger partial charge in [0.05, 0.1) is 0 Å². The smallest absolute Gasteiger partial charge is 0.220 e. The molecule has 0 saturated heterocycles. The third kappa shape index (κ3) is 2.88. The fraction of sp³-hybridized carbons (Fsp3) is 0.316. The van der Waals surface area contributed by atoms with E-state index in [0.717, 1.165) is 18.4 Å². The first kappa shape index (κ1) is 16.8. The monoisotopic (exact) mass is 379 g/mol. The van der Waals surface area contributed by atoms with Gasteiger partial charge in [-0.05, 0) is 30.9 Å². The fourth-order valence-corrected chi connectivity index (χ4v) is 3.35. The molecule has 28 heavy (non-hydrogen) atoms. The molecule has 0 bridgehead atoms. The van der Waals surface area contributed by atoms with Crippen LogP contribution >= 0.6 is 0 Å². The summed E-state index contributed by atoms with van der Waals surface area (Å²) in [6, 6.07) is 6.46. The summed E-state index contributed by atoms with van der Waals surface area (Å²) in [5.41, 5.74) is 2.19. The normalized spacial score (nSPS) is 14.4. The van der Waals surface area contributed by atoms with E-state index in [-0.39, 0.29) is 12.4 Å². The van der Waals surface area contributed by atoms with Crippen LogP contribution in [0.2, 0.25) is 0 Å². The van der Waals surface area contributed by atoms with E-state index >= 15 is 0 Å². The summed E-state index contributed by atoms with van der Waals surface area (Å²) in [7, 11) is 1.80. The SMILES string of the molecule is Cn1cnc(COc2nc3c(-c4ccccc4F)nnn3cc2C2CCC2)n1. The van der Waals surface area contributed by atoms with Crippen LogP contribution in [0.1, 0.15) is 36.6 Å². The minimum Gasteiger partial charge on any atom is -0.469 e. The third-order valence-electron chi connectivity index (χ3n) is 5.04. The summed E-state index contributed by atoms with van der Waals surface area (Å²) < 4.78 is 23.5. The number of hydrogen-bond donors (Lipinski definition) is 0. The lowest BCUT2D eigenvalue weighted by Gasteiger charge is -2.26. The molecule has 0 atom stereocenters. The van der Waals surface area contributed by atoms with E-state index in [1.807, 2.05) is 6.20 Å². The average Bonchev–Trinajstić information content (AvgIpc) is 3.24.